The molecule has 2 heteroatoms. The standard InChI is InChI=1S/C14H8O2.C14H12/c15-13-9-5-1-2-6-10(9)14(16)12-8-4-3-7-11(12)13;1-3-7-13(8-4-1)11-12-14-9-5-2-6-10-14/h1-8H;1-12H. The summed E-state index contributed by atoms with van der Waals surface area (Å²) in [6.07, 6.45) is 4.24. The number of carbonyl (C=O) groups is 2. The summed E-state index contributed by atoms with van der Waals surface area (Å²) in [4.78, 5) is 24.2. The summed E-state index contributed by atoms with van der Waals surface area (Å²) in [6.45, 7) is 0. The maximum absolute atomic E-state index is 12.1. The van der Waals surface area contributed by atoms with E-state index >= 15 is 0 Å². The van der Waals surface area contributed by atoms with E-state index in [1.54, 1.807) is 48.5 Å². The number of rotatable bonds is 2. The van der Waals surface area contributed by atoms with E-state index in [1.165, 1.54) is 11.1 Å². The van der Waals surface area contributed by atoms with Crippen molar-refractivity contribution in [3.63, 3.8) is 0 Å². The average Bonchev–Trinajstić information content (AvgIpc) is 2.83. The fourth-order valence-corrected chi connectivity index (χ4v) is 3.37. The van der Waals surface area contributed by atoms with E-state index < -0.39 is 0 Å². The molecule has 2 nitrogen and oxygen atoms in total. The van der Waals surface area contributed by atoms with Gasteiger partial charge in [0.25, 0.3) is 0 Å². The average molecular weight is 388 g/mol. The first kappa shape index (κ1) is 19.3. The molecule has 1 aliphatic carbocycles. The van der Waals surface area contributed by atoms with Crippen LogP contribution in [-0.2, 0) is 0 Å². The van der Waals surface area contributed by atoms with Crippen molar-refractivity contribution in [2.24, 2.45) is 0 Å². The second-order valence-corrected chi connectivity index (χ2v) is 6.90. The van der Waals surface area contributed by atoms with Crippen LogP contribution >= 0.6 is 0 Å². The molecule has 0 saturated carbocycles. The van der Waals surface area contributed by atoms with Crippen LogP contribution < -0.4 is 0 Å². The summed E-state index contributed by atoms with van der Waals surface area (Å²) in [5.74, 6) is -0.128. The van der Waals surface area contributed by atoms with Crippen molar-refractivity contribution < 1.29 is 9.59 Å². The lowest BCUT2D eigenvalue weighted by atomic mass is 9.84. The highest BCUT2D eigenvalue weighted by molar-refractivity contribution is 6.28. The molecule has 0 aliphatic heterocycles. The summed E-state index contributed by atoms with van der Waals surface area (Å²) < 4.78 is 0. The van der Waals surface area contributed by atoms with Gasteiger partial charge >= 0.3 is 0 Å². The summed E-state index contributed by atoms with van der Waals surface area (Å²) >= 11 is 0. The molecule has 0 spiro atoms. The van der Waals surface area contributed by atoms with Gasteiger partial charge in [-0.05, 0) is 11.1 Å². The van der Waals surface area contributed by atoms with Gasteiger partial charge in [-0.2, -0.15) is 0 Å². The van der Waals surface area contributed by atoms with Crippen LogP contribution in [-0.4, -0.2) is 11.6 Å². The van der Waals surface area contributed by atoms with Crippen molar-refractivity contribution in [1.82, 2.24) is 0 Å². The predicted molar refractivity (Wildman–Crippen MR) is 122 cm³/mol. The lowest BCUT2D eigenvalue weighted by Gasteiger charge is -2.16. The van der Waals surface area contributed by atoms with E-state index in [0.29, 0.717) is 22.3 Å². The molecule has 144 valence electrons. The van der Waals surface area contributed by atoms with E-state index in [-0.39, 0.29) is 11.6 Å². The Morgan fingerprint density at radius 3 is 0.933 bits per heavy atom. The number of benzene rings is 4. The summed E-state index contributed by atoms with van der Waals surface area (Å²) in [5, 5.41) is 0. The molecular formula is C28H20O2. The smallest absolute Gasteiger partial charge is 0.194 e. The molecular weight excluding hydrogens is 368 g/mol. The van der Waals surface area contributed by atoms with Gasteiger partial charge in [-0.15, -0.1) is 0 Å². The Labute approximate surface area is 176 Å². The first-order valence-corrected chi connectivity index (χ1v) is 9.79. The quantitative estimate of drug-likeness (QED) is 0.332. The number of hydrogen-bond donors (Lipinski definition) is 0. The van der Waals surface area contributed by atoms with Crippen LogP contribution in [0.2, 0.25) is 0 Å². The van der Waals surface area contributed by atoms with Crippen LogP contribution in [0.5, 0.6) is 0 Å². The molecule has 0 atom stereocenters. The van der Waals surface area contributed by atoms with Crippen LogP contribution in [0, 0.1) is 0 Å². The van der Waals surface area contributed by atoms with E-state index in [4.69, 9.17) is 0 Å². The first-order chi connectivity index (χ1) is 14.7. The normalized spacial score (nSPS) is 12.0. The van der Waals surface area contributed by atoms with E-state index in [2.05, 4.69) is 36.4 Å². The molecule has 30 heavy (non-hydrogen) atoms. The zero-order chi connectivity index (χ0) is 20.8. The van der Waals surface area contributed by atoms with Gasteiger partial charge < -0.3 is 0 Å². The van der Waals surface area contributed by atoms with Gasteiger partial charge in [-0.1, -0.05) is 121 Å². The highest BCUT2D eigenvalue weighted by atomic mass is 16.1. The van der Waals surface area contributed by atoms with Gasteiger partial charge in [0.1, 0.15) is 0 Å². The lowest BCUT2D eigenvalue weighted by molar-refractivity contribution is 0.0979. The zero-order valence-corrected chi connectivity index (χ0v) is 16.4. The zero-order valence-electron chi connectivity index (χ0n) is 16.4. The molecule has 0 saturated heterocycles. The van der Waals surface area contributed by atoms with Gasteiger partial charge in [-0.3, -0.25) is 9.59 Å². The summed E-state index contributed by atoms with van der Waals surface area (Å²) in [7, 11) is 0. The number of fused-ring (bicyclic) bond motifs is 2. The molecule has 0 fully saturated rings. The lowest BCUT2D eigenvalue weighted by Crippen LogP contribution is -2.20. The maximum atomic E-state index is 12.1. The molecule has 1 aliphatic rings. The van der Waals surface area contributed by atoms with Crippen molar-refractivity contribution in [2.75, 3.05) is 0 Å². The topological polar surface area (TPSA) is 34.1 Å². The molecule has 5 rings (SSSR count). The van der Waals surface area contributed by atoms with E-state index in [0.717, 1.165) is 0 Å². The Kier molecular flexibility index (Phi) is 5.77. The van der Waals surface area contributed by atoms with Gasteiger partial charge in [0.2, 0.25) is 0 Å². The fraction of sp³-hybridized carbons (Fsp3) is 0. The minimum absolute atomic E-state index is 0.0641. The Bertz CT molecular complexity index is 1060. The first-order valence-electron chi connectivity index (χ1n) is 9.79. The maximum Gasteiger partial charge on any atom is 0.194 e. The van der Waals surface area contributed by atoms with Crippen LogP contribution in [0.3, 0.4) is 0 Å². The fourth-order valence-electron chi connectivity index (χ4n) is 3.37. The molecule has 0 N–H and O–H groups in total. The third-order valence-electron chi connectivity index (χ3n) is 4.90. The van der Waals surface area contributed by atoms with Crippen molar-refractivity contribution >= 4 is 23.7 Å². The molecule has 4 aromatic rings. The second kappa shape index (κ2) is 8.97. The van der Waals surface area contributed by atoms with Gasteiger partial charge in [-0.25, -0.2) is 0 Å². The SMILES string of the molecule is C(=Cc1ccccc1)c1ccccc1.O=C1c2ccccc2C(=O)c2ccccc21. The van der Waals surface area contributed by atoms with Crippen molar-refractivity contribution in [3.05, 3.63) is 143 Å². The van der Waals surface area contributed by atoms with Crippen LogP contribution in [0.25, 0.3) is 12.2 Å². The van der Waals surface area contributed by atoms with E-state index in [9.17, 15) is 9.59 Å². The Hall–Kier alpha value is -4.04. The third kappa shape index (κ3) is 4.18. The second-order valence-electron chi connectivity index (χ2n) is 6.90. The van der Waals surface area contributed by atoms with Crippen LogP contribution in [0.15, 0.2) is 109 Å². The minimum Gasteiger partial charge on any atom is -0.289 e. The largest absolute Gasteiger partial charge is 0.289 e. The van der Waals surface area contributed by atoms with Crippen molar-refractivity contribution in [1.29, 1.82) is 0 Å². The Morgan fingerprint density at radius 2 is 0.633 bits per heavy atom. The predicted octanol–water partition coefficient (Wildman–Crippen LogP) is 6.32. The van der Waals surface area contributed by atoms with Crippen molar-refractivity contribution in [2.45, 2.75) is 0 Å². The highest BCUT2D eigenvalue weighted by Gasteiger charge is 2.28. The molecule has 0 heterocycles. The third-order valence-corrected chi connectivity index (χ3v) is 4.90. The number of carbonyl (C=O) groups excluding carboxylic acids is 2. The minimum atomic E-state index is -0.0641. The summed E-state index contributed by atoms with van der Waals surface area (Å²) in [5.41, 5.74) is 4.49. The van der Waals surface area contributed by atoms with Crippen molar-refractivity contribution in [3.8, 4) is 0 Å². The van der Waals surface area contributed by atoms with E-state index in [1.807, 2.05) is 36.4 Å². The molecule has 0 bridgehead atoms. The molecule has 0 unspecified atom stereocenters. The van der Waals surface area contributed by atoms with Gasteiger partial charge in [0, 0.05) is 22.3 Å². The highest BCUT2D eigenvalue weighted by Crippen LogP contribution is 2.26. The molecule has 0 radical (unpaired) electrons. The number of ketones is 2. The Morgan fingerprint density at radius 1 is 0.367 bits per heavy atom. The van der Waals surface area contributed by atoms with Crippen LogP contribution in [0.4, 0.5) is 0 Å². The molecule has 4 aromatic carbocycles. The number of hydrogen-bond acceptors (Lipinski definition) is 2. The van der Waals surface area contributed by atoms with Crippen LogP contribution in [0.1, 0.15) is 43.0 Å². The molecule has 0 aromatic heterocycles. The Balaban J connectivity index is 0.000000147. The summed E-state index contributed by atoms with van der Waals surface area (Å²) in [6, 6.07) is 34.5. The monoisotopic (exact) mass is 388 g/mol. The van der Waals surface area contributed by atoms with Gasteiger partial charge in [0.05, 0.1) is 0 Å². The van der Waals surface area contributed by atoms with Gasteiger partial charge in [0.15, 0.2) is 11.6 Å². The molecule has 0 amide bonds.